The number of aryl methyl sites for hydroxylation is 1. The lowest BCUT2D eigenvalue weighted by atomic mass is 9.89. The van der Waals surface area contributed by atoms with Gasteiger partial charge in [-0.1, -0.05) is 12.2 Å². The summed E-state index contributed by atoms with van der Waals surface area (Å²) in [7, 11) is 0. The first kappa shape index (κ1) is 26.3. The van der Waals surface area contributed by atoms with E-state index in [-0.39, 0.29) is 36.5 Å². The Kier molecular flexibility index (Phi) is 11.5. The fraction of sp³-hybridized carbons (Fsp3) is 0.696. The predicted molar refractivity (Wildman–Crippen MR) is 123 cm³/mol. The molecule has 0 spiro atoms. The molecule has 0 saturated heterocycles. The van der Waals surface area contributed by atoms with Gasteiger partial charge in [-0.25, -0.2) is 4.79 Å². The lowest BCUT2D eigenvalue weighted by Crippen LogP contribution is -2.19. The maximum atomic E-state index is 11.8. The first-order valence-electron chi connectivity index (χ1n) is 11.0. The van der Waals surface area contributed by atoms with Crippen molar-refractivity contribution in [3.05, 3.63) is 34.0 Å². The van der Waals surface area contributed by atoms with E-state index in [1.807, 2.05) is 12.1 Å². The minimum absolute atomic E-state index is 0.00263. The minimum Gasteiger partial charge on any atom is -0.459 e. The van der Waals surface area contributed by atoms with Gasteiger partial charge in [0.05, 0.1) is 24.9 Å². The van der Waals surface area contributed by atoms with Crippen LogP contribution in [0.2, 0.25) is 0 Å². The first-order chi connectivity index (χ1) is 14.8. The number of aliphatic hydroxyl groups is 4. The zero-order chi connectivity index (χ0) is 22.8. The average Bonchev–Trinajstić information content (AvgIpc) is 3.29. The number of rotatable bonds is 13. The third-order valence-corrected chi connectivity index (χ3v) is 7.32. The summed E-state index contributed by atoms with van der Waals surface area (Å²) in [6.45, 7) is 1.55. The van der Waals surface area contributed by atoms with Gasteiger partial charge in [0.15, 0.2) is 0 Å². The molecule has 1 aliphatic rings. The van der Waals surface area contributed by atoms with Crippen molar-refractivity contribution >= 4 is 28.9 Å². The van der Waals surface area contributed by atoms with Crippen LogP contribution >= 0.6 is 22.9 Å². The van der Waals surface area contributed by atoms with Crippen LogP contribution in [-0.2, 0) is 11.2 Å². The quantitative estimate of drug-likeness (QED) is 0.198. The lowest BCUT2D eigenvalue weighted by molar-refractivity contribution is 0.0439. The number of carbonyl (C=O) groups excluding carboxylic acids is 1. The maximum absolute atomic E-state index is 11.8. The topological polar surface area (TPSA) is 107 Å². The molecule has 1 aromatic heterocycles. The summed E-state index contributed by atoms with van der Waals surface area (Å²) in [5.74, 6) is -0.366. The van der Waals surface area contributed by atoms with E-state index in [1.54, 1.807) is 19.1 Å². The number of ether oxygens (including phenoxy) is 1. The standard InChI is InChI=1S/C23H35ClO6S/c1-15(26)4-2-5-16(27)8-10-19-18(20(24)14-21(19)28)7-3-6-17-9-11-22(31-17)23(29)30-13-12-25/h8-11,15-16,18-21,25-28H,2-7,12-14H2,1H3/t15-,16-,18+,19+,20+,21+/m0/s1. The third kappa shape index (κ3) is 8.83. The van der Waals surface area contributed by atoms with Gasteiger partial charge in [0.2, 0.25) is 0 Å². The van der Waals surface area contributed by atoms with E-state index in [0.717, 1.165) is 30.6 Å². The molecule has 0 aromatic carbocycles. The second-order valence-electron chi connectivity index (χ2n) is 8.31. The van der Waals surface area contributed by atoms with Crippen LogP contribution in [0.5, 0.6) is 0 Å². The van der Waals surface area contributed by atoms with E-state index in [2.05, 4.69) is 0 Å². The fourth-order valence-corrected chi connectivity index (χ4v) is 5.47. The molecule has 0 bridgehead atoms. The number of carbonyl (C=O) groups is 1. The van der Waals surface area contributed by atoms with Gasteiger partial charge in [0.1, 0.15) is 11.5 Å². The van der Waals surface area contributed by atoms with E-state index in [1.165, 1.54) is 11.3 Å². The summed E-state index contributed by atoms with van der Waals surface area (Å²) in [5, 5.41) is 38.5. The molecule has 1 saturated carbocycles. The molecule has 8 heteroatoms. The van der Waals surface area contributed by atoms with Crippen LogP contribution in [0.15, 0.2) is 24.3 Å². The molecule has 1 fully saturated rings. The Hall–Kier alpha value is -0.960. The minimum atomic E-state index is -0.587. The van der Waals surface area contributed by atoms with Crippen LogP contribution in [-0.4, -0.2) is 63.3 Å². The van der Waals surface area contributed by atoms with Gasteiger partial charge in [-0.2, -0.15) is 0 Å². The van der Waals surface area contributed by atoms with Crippen LogP contribution in [0.25, 0.3) is 0 Å². The molecule has 0 unspecified atom stereocenters. The van der Waals surface area contributed by atoms with Crippen molar-refractivity contribution in [2.45, 2.75) is 75.6 Å². The molecule has 0 radical (unpaired) electrons. The summed E-state index contributed by atoms with van der Waals surface area (Å²) in [6, 6.07) is 3.66. The second-order valence-corrected chi connectivity index (χ2v) is 10.0. The summed E-state index contributed by atoms with van der Waals surface area (Å²) < 4.78 is 4.93. The molecule has 31 heavy (non-hydrogen) atoms. The second kappa shape index (κ2) is 13.6. The molecule has 2 rings (SSSR count). The van der Waals surface area contributed by atoms with Gasteiger partial charge < -0.3 is 25.2 Å². The van der Waals surface area contributed by atoms with Crippen molar-refractivity contribution in [2.75, 3.05) is 13.2 Å². The number of esters is 1. The van der Waals surface area contributed by atoms with Crippen molar-refractivity contribution in [3.63, 3.8) is 0 Å². The summed E-state index contributed by atoms with van der Waals surface area (Å²) >= 11 is 7.91. The summed E-state index contributed by atoms with van der Waals surface area (Å²) in [6.07, 6.45) is 7.27. The zero-order valence-corrected chi connectivity index (χ0v) is 19.6. The predicted octanol–water partition coefficient (Wildman–Crippen LogP) is 3.29. The van der Waals surface area contributed by atoms with Gasteiger partial charge in [0, 0.05) is 16.2 Å². The van der Waals surface area contributed by atoms with Crippen LogP contribution < -0.4 is 0 Å². The Morgan fingerprint density at radius 3 is 2.81 bits per heavy atom. The van der Waals surface area contributed by atoms with E-state index in [9.17, 15) is 20.1 Å². The third-order valence-electron chi connectivity index (χ3n) is 5.70. The van der Waals surface area contributed by atoms with Crippen molar-refractivity contribution in [1.29, 1.82) is 0 Å². The number of halogens is 1. The van der Waals surface area contributed by atoms with Crippen LogP contribution in [0.3, 0.4) is 0 Å². The largest absolute Gasteiger partial charge is 0.459 e. The molecule has 1 heterocycles. The van der Waals surface area contributed by atoms with Crippen molar-refractivity contribution in [3.8, 4) is 0 Å². The molecule has 1 aliphatic carbocycles. The van der Waals surface area contributed by atoms with Crippen molar-refractivity contribution in [2.24, 2.45) is 11.8 Å². The summed E-state index contributed by atoms with van der Waals surface area (Å²) in [5.41, 5.74) is 0. The van der Waals surface area contributed by atoms with Crippen LogP contribution in [0.1, 0.15) is 60.0 Å². The van der Waals surface area contributed by atoms with Gasteiger partial charge in [-0.15, -0.1) is 22.9 Å². The normalized spacial score (nSPS) is 25.7. The Morgan fingerprint density at radius 2 is 2.10 bits per heavy atom. The molecular weight excluding hydrogens is 440 g/mol. The highest BCUT2D eigenvalue weighted by atomic mass is 35.5. The number of hydrogen-bond acceptors (Lipinski definition) is 7. The maximum Gasteiger partial charge on any atom is 0.348 e. The molecule has 6 atom stereocenters. The lowest BCUT2D eigenvalue weighted by Gasteiger charge is -2.21. The van der Waals surface area contributed by atoms with E-state index in [4.69, 9.17) is 21.4 Å². The molecule has 1 aromatic rings. The number of alkyl halides is 1. The molecule has 0 amide bonds. The number of hydrogen-bond donors (Lipinski definition) is 4. The highest BCUT2D eigenvalue weighted by molar-refractivity contribution is 7.13. The molecular formula is C23H35ClO6S. The monoisotopic (exact) mass is 474 g/mol. The van der Waals surface area contributed by atoms with Crippen LogP contribution in [0.4, 0.5) is 0 Å². The number of thiophene rings is 1. The van der Waals surface area contributed by atoms with E-state index < -0.39 is 18.2 Å². The Bertz CT molecular complexity index is 691. The molecule has 4 N–H and O–H groups in total. The molecule has 0 aliphatic heterocycles. The van der Waals surface area contributed by atoms with Gasteiger partial charge in [-0.3, -0.25) is 0 Å². The fourth-order valence-electron chi connectivity index (χ4n) is 4.05. The highest BCUT2D eigenvalue weighted by Crippen LogP contribution is 2.40. The molecule has 176 valence electrons. The van der Waals surface area contributed by atoms with Crippen molar-refractivity contribution < 1.29 is 30.0 Å². The van der Waals surface area contributed by atoms with E-state index >= 15 is 0 Å². The zero-order valence-electron chi connectivity index (χ0n) is 18.0. The Labute approximate surface area is 193 Å². The van der Waals surface area contributed by atoms with Gasteiger partial charge >= 0.3 is 5.97 Å². The highest BCUT2D eigenvalue weighted by Gasteiger charge is 2.39. The SMILES string of the molecule is C[C@H](O)CCC[C@H](O)C=C[C@@H]1[C@@H](CCCc2ccc(C(=O)OCCO)s2)[C@H](Cl)C[C@H]1O. The first-order valence-corrected chi connectivity index (χ1v) is 12.3. The number of aliphatic hydroxyl groups excluding tert-OH is 4. The summed E-state index contributed by atoms with van der Waals surface area (Å²) in [4.78, 5) is 13.5. The van der Waals surface area contributed by atoms with Gasteiger partial charge in [-0.05, 0) is 69.9 Å². The smallest absolute Gasteiger partial charge is 0.348 e. The molecule has 6 nitrogen and oxygen atoms in total. The van der Waals surface area contributed by atoms with E-state index in [0.29, 0.717) is 24.1 Å². The van der Waals surface area contributed by atoms with Crippen LogP contribution in [0, 0.1) is 11.8 Å². The average molecular weight is 475 g/mol. The van der Waals surface area contributed by atoms with Crippen molar-refractivity contribution in [1.82, 2.24) is 0 Å². The van der Waals surface area contributed by atoms with Gasteiger partial charge in [0.25, 0.3) is 0 Å². The Balaban J connectivity index is 1.83. The Morgan fingerprint density at radius 1 is 1.32 bits per heavy atom.